The molecule has 0 spiro atoms. The van der Waals surface area contributed by atoms with E-state index in [2.05, 4.69) is 0 Å². The van der Waals surface area contributed by atoms with Crippen molar-refractivity contribution in [2.45, 2.75) is 0 Å². The van der Waals surface area contributed by atoms with Gasteiger partial charge in [-0.15, -0.1) is 0 Å². The van der Waals surface area contributed by atoms with Gasteiger partial charge in [0.15, 0.2) is 0 Å². The maximum atomic E-state index is 8.57. The topological polar surface area (TPSA) is 37.3 Å². The van der Waals surface area contributed by atoms with Crippen LogP contribution in [0.1, 0.15) is 0 Å². The van der Waals surface area contributed by atoms with Crippen molar-refractivity contribution in [3.05, 3.63) is 0 Å². The van der Waals surface area contributed by atoms with Crippen molar-refractivity contribution >= 4 is 15.5 Å². The molecule has 0 aliphatic rings. The second-order valence-electron chi connectivity index (χ2n) is 0.105. The quantitative estimate of drug-likeness (QED) is 0.448. The molecule has 0 aliphatic heterocycles. The summed E-state index contributed by atoms with van der Waals surface area (Å²) >= 11 is -1.50. The summed E-state index contributed by atoms with van der Waals surface area (Å²) in [6.45, 7) is 0. The molecule has 2 nitrogen and oxygen atoms in total. The van der Waals surface area contributed by atoms with E-state index in [-0.39, 0.29) is 26.2 Å². The first-order valence-electron chi connectivity index (χ1n) is 0.494. The van der Waals surface area contributed by atoms with Crippen LogP contribution in [-0.2, 0) is 30.0 Å². The van der Waals surface area contributed by atoms with E-state index in [9.17, 15) is 0 Å². The molecule has 0 bridgehead atoms. The Hall–Kier alpha value is 1.02. The van der Waals surface area contributed by atoms with Crippen molar-refractivity contribution in [2.24, 2.45) is 0 Å². The molecule has 0 aromatic carbocycles. The molecular weight excluding hydrogens is 150 g/mol. The van der Waals surface area contributed by atoms with Crippen molar-refractivity contribution in [2.75, 3.05) is 0 Å². The van der Waals surface area contributed by atoms with Crippen molar-refractivity contribution in [1.29, 1.82) is 0 Å². The maximum Gasteiger partial charge on any atom is 0 e. The van der Waals surface area contributed by atoms with Gasteiger partial charge >= 0.3 is 23.4 Å². The Morgan fingerprint density at radius 2 is 1.75 bits per heavy atom. The van der Waals surface area contributed by atoms with Gasteiger partial charge < -0.3 is 0 Å². The molecular formula is HAlO2Zr. The standard InChI is InChI=1S/Al.H2O.O.Zr/h;1H2;;/q+1;;;/p-1. The Bertz CT molecular complexity index is 13.5. The number of hydrogen-bond acceptors (Lipinski definition) is 1. The Kier molecular flexibility index (Phi) is 20.0. The predicted octanol–water partition coefficient (Wildman–Crippen LogP) is -1.06. The predicted molar refractivity (Wildman–Crippen MR) is 8.66 cm³/mol. The van der Waals surface area contributed by atoms with Gasteiger partial charge in [-0.05, 0) is 0 Å². The van der Waals surface area contributed by atoms with Crippen LogP contribution in [0.5, 0.6) is 0 Å². The molecule has 0 aromatic heterocycles. The van der Waals surface area contributed by atoms with Crippen LogP contribution in [0.25, 0.3) is 0 Å². The first-order chi connectivity index (χ1) is 1.41. The van der Waals surface area contributed by atoms with Gasteiger partial charge in [-0.1, -0.05) is 0 Å². The number of rotatable bonds is 0. The Labute approximate surface area is 49.6 Å². The molecule has 0 amide bonds. The first-order valence-corrected chi connectivity index (χ1v) is 1.48. The van der Waals surface area contributed by atoms with Crippen molar-refractivity contribution in [1.82, 2.24) is 0 Å². The summed E-state index contributed by atoms with van der Waals surface area (Å²) < 4.78 is 15.7. The van der Waals surface area contributed by atoms with Crippen LogP contribution < -0.4 is 0 Å². The molecule has 0 saturated heterocycles. The second kappa shape index (κ2) is 8.99. The molecule has 20 valence electrons. The molecule has 0 heterocycles. The van der Waals surface area contributed by atoms with E-state index in [1.807, 2.05) is 0 Å². The van der Waals surface area contributed by atoms with Crippen LogP contribution in [0.4, 0.5) is 0 Å². The molecule has 0 unspecified atom stereocenters. The fraction of sp³-hybridized carbons (Fsp3) is 0. The van der Waals surface area contributed by atoms with Crippen LogP contribution in [0.2, 0.25) is 0 Å². The third kappa shape index (κ3) is 11.9. The van der Waals surface area contributed by atoms with Crippen LogP contribution in [-0.4, -0.2) is 19.6 Å². The summed E-state index contributed by atoms with van der Waals surface area (Å²) in [4.78, 5) is 0. The third-order valence-electron chi connectivity index (χ3n) is 0. The van der Waals surface area contributed by atoms with Gasteiger partial charge in [0, 0.05) is 26.2 Å². The van der Waals surface area contributed by atoms with E-state index in [4.69, 9.17) is 7.96 Å². The van der Waals surface area contributed by atoms with Crippen LogP contribution >= 0.6 is 0 Å². The third-order valence-corrected chi connectivity index (χ3v) is 0. The minimum atomic E-state index is -1.50. The summed E-state index contributed by atoms with van der Waals surface area (Å²) in [6.07, 6.45) is 0. The molecule has 4 heavy (non-hydrogen) atoms. The Balaban J connectivity index is 0. The molecule has 0 aromatic rings. The maximum absolute atomic E-state index is 8.57. The molecule has 0 fully saturated rings. The fourth-order valence-electron chi connectivity index (χ4n) is 0. The van der Waals surface area contributed by atoms with Gasteiger partial charge in [0.25, 0.3) is 0 Å². The molecule has 4 heteroatoms. The zero-order valence-corrected chi connectivity index (χ0v) is 5.55. The summed E-state index contributed by atoms with van der Waals surface area (Å²) in [6, 6.07) is 0. The average Bonchev–Trinajstić information content (AvgIpc) is 0.918. The smallest absolute Gasteiger partial charge is 0 e. The van der Waals surface area contributed by atoms with E-state index in [0.717, 1.165) is 0 Å². The van der Waals surface area contributed by atoms with Gasteiger partial charge in [-0.25, -0.2) is 0 Å². The summed E-state index contributed by atoms with van der Waals surface area (Å²) in [5.74, 6) is 0. The van der Waals surface area contributed by atoms with Crippen LogP contribution in [0.15, 0.2) is 0 Å². The molecule has 0 aliphatic carbocycles. The van der Waals surface area contributed by atoms with Crippen molar-refractivity contribution < 1.29 is 34.2 Å². The summed E-state index contributed by atoms with van der Waals surface area (Å²) in [5.41, 5.74) is 0. The zero-order valence-electron chi connectivity index (χ0n) is 1.93. The average molecular weight is 151 g/mol. The van der Waals surface area contributed by atoms with Crippen molar-refractivity contribution in [3.63, 3.8) is 0 Å². The van der Waals surface area contributed by atoms with Gasteiger partial charge in [0.05, 0.1) is 0 Å². The van der Waals surface area contributed by atoms with Crippen LogP contribution in [0, 0.1) is 0 Å². The SMILES string of the molecule is [O]=[Al][OH].[Zr]. The molecule has 0 saturated carbocycles. The minimum absolute atomic E-state index is 0. The minimum Gasteiger partial charge on any atom is 0 e. The zero-order chi connectivity index (χ0) is 2.71. The van der Waals surface area contributed by atoms with Gasteiger partial charge in [0.2, 0.25) is 0 Å². The van der Waals surface area contributed by atoms with Crippen LogP contribution in [0.3, 0.4) is 0 Å². The van der Waals surface area contributed by atoms with E-state index >= 15 is 0 Å². The second-order valence-corrected chi connectivity index (χ2v) is 0.316. The molecule has 1 N–H and O–H groups in total. The monoisotopic (exact) mass is 150 g/mol. The Morgan fingerprint density at radius 1 is 1.75 bits per heavy atom. The van der Waals surface area contributed by atoms with E-state index in [0.29, 0.717) is 0 Å². The normalized spacial score (nSPS) is 2.00. The van der Waals surface area contributed by atoms with E-state index < -0.39 is 15.5 Å². The van der Waals surface area contributed by atoms with Crippen molar-refractivity contribution in [3.8, 4) is 0 Å². The first kappa shape index (κ1) is 8.89. The Morgan fingerprint density at radius 3 is 1.75 bits per heavy atom. The molecule has 0 atom stereocenters. The summed E-state index contributed by atoms with van der Waals surface area (Å²) in [7, 11) is 0. The largest absolute Gasteiger partial charge is 0 e. The van der Waals surface area contributed by atoms with Gasteiger partial charge in [-0.2, -0.15) is 0 Å². The van der Waals surface area contributed by atoms with E-state index in [1.54, 1.807) is 0 Å². The van der Waals surface area contributed by atoms with Gasteiger partial charge in [0.1, 0.15) is 0 Å². The molecule has 0 radical (unpaired) electrons. The fourth-order valence-corrected chi connectivity index (χ4v) is 0. The van der Waals surface area contributed by atoms with Gasteiger partial charge in [-0.3, -0.25) is 0 Å². The summed E-state index contributed by atoms with van der Waals surface area (Å²) in [5, 5.41) is 0. The molecule has 0 rings (SSSR count). The number of hydrogen-bond donors (Lipinski definition) is 1. The van der Waals surface area contributed by atoms with E-state index in [1.165, 1.54) is 0 Å².